The fraction of sp³-hybridized carbons (Fsp3) is 0.600. The molecule has 0 fully saturated rings. The third kappa shape index (κ3) is 3.14. The molecule has 2 N–H and O–H groups in total. The molecule has 0 aliphatic heterocycles. The summed E-state index contributed by atoms with van der Waals surface area (Å²) in [7, 11) is 1.92. The number of rotatable bonds is 6. The van der Waals surface area contributed by atoms with Crippen LogP contribution < -0.4 is 5.73 Å². The number of aromatic nitrogens is 4. The van der Waals surface area contributed by atoms with Crippen molar-refractivity contribution in [1.29, 1.82) is 0 Å². The molecule has 6 heteroatoms. The highest BCUT2D eigenvalue weighted by atomic mass is 35.5. The summed E-state index contributed by atoms with van der Waals surface area (Å²) in [6.45, 7) is 7.03. The lowest BCUT2D eigenvalue weighted by Crippen LogP contribution is -2.17. The van der Waals surface area contributed by atoms with Gasteiger partial charge in [-0.05, 0) is 19.8 Å². The fourth-order valence-corrected chi connectivity index (χ4v) is 3.01. The fourth-order valence-electron chi connectivity index (χ4n) is 2.67. The molecule has 0 radical (unpaired) electrons. The number of halogens is 1. The number of hydrogen-bond acceptors (Lipinski definition) is 3. The maximum absolute atomic E-state index is 6.46. The molecule has 0 bridgehead atoms. The lowest BCUT2D eigenvalue weighted by atomic mass is 10.0. The van der Waals surface area contributed by atoms with Crippen LogP contribution in [0.2, 0.25) is 5.02 Å². The first-order chi connectivity index (χ1) is 10.0. The predicted molar refractivity (Wildman–Crippen MR) is 85.5 cm³/mol. The highest BCUT2D eigenvalue weighted by Crippen LogP contribution is 2.27. The largest absolute Gasteiger partial charge is 0.324 e. The van der Waals surface area contributed by atoms with Crippen LogP contribution in [0.1, 0.15) is 49.5 Å². The molecular weight excluding hydrogens is 286 g/mol. The summed E-state index contributed by atoms with van der Waals surface area (Å²) < 4.78 is 3.78. The van der Waals surface area contributed by atoms with E-state index in [0.717, 1.165) is 47.1 Å². The van der Waals surface area contributed by atoms with Crippen LogP contribution >= 0.6 is 11.6 Å². The van der Waals surface area contributed by atoms with E-state index in [4.69, 9.17) is 17.3 Å². The molecule has 1 unspecified atom stereocenters. The summed E-state index contributed by atoms with van der Waals surface area (Å²) in [6.07, 6.45) is 4.40. The van der Waals surface area contributed by atoms with Crippen LogP contribution in [0.3, 0.4) is 0 Å². The number of nitrogens with zero attached hydrogens (tertiary/aromatic N) is 4. The molecule has 5 nitrogen and oxygen atoms in total. The zero-order valence-electron chi connectivity index (χ0n) is 13.2. The van der Waals surface area contributed by atoms with Crippen LogP contribution in [0.25, 0.3) is 0 Å². The second-order valence-electron chi connectivity index (χ2n) is 5.25. The summed E-state index contributed by atoms with van der Waals surface area (Å²) in [4.78, 5) is 0. The average Bonchev–Trinajstić information content (AvgIpc) is 3.00. The molecule has 2 heterocycles. The normalized spacial score (nSPS) is 12.9. The van der Waals surface area contributed by atoms with Gasteiger partial charge in [0, 0.05) is 37.8 Å². The van der Waals surface area contributed by atoms with Crippen molar-refractivity contribution in [3.63, 3.8) is 0 Å². The van der Waals surface area contributed by atoms with Crippen LogP contribution in [0.5, 0.6) is 0 Å². The van der Waals surface area contributed by atoms with Crippen molar-refractivity contribution in [2.75, 3.05) is 0 Å². The van der Waals surface area contributed by atoms with E-state index in [0.29, 0.717) is 6.42 Å². The standard InChI is InChI=1S/C15H24ClN5/c1-5-12-10(9-20(4)18-12)11(17)8-14-15(16)13(6-2)19-21(14)7-3/h9,11H,5-8,17H2,1-4H3. The summed E-state index contributed by atoms with van der Waals surface area (Å²) in [6, 6.07) is -0.113. The van der Waals surface area contributed by atoms with Gasteiger partial charge in [-0.3, -0.25) is 9.36 Å². The van der Waals surface area contributed by atoms with Gasteiger partial charge in [-0.15, -0.1) is 0 Å². The van der Waals surface area contributed by atoms with Crippen molar-refractivity contribution in [3.8, 4) is 0 Å². The molecular formula is C15H24ClN5. The van der Waals surface area contributed by atoms with E-state index in [2.05, 4.69) is 31.0 Å². The van der Waals surface area contributed by atoms with E-state index in [9.17, 15) is 0 Å². The van der Waals surface area contributed by atoms with Crippen LogP contribution in [0.4, 0.5) is 0 Å². The summed E-state index contributed by atoms with van der Waals surface area (Å²) >= 11 is 6.46. The van der Waals surface area contributed by atoms with Crippen molar-refractivity contribution in [2.45, 2.75) is 52.6 Å². The molecule has 0 aliphatic carbocycles. The average molecular weight is 310 g/mol. The van der Waals surface area contributed by atoms with Gasteiger partial charge < -0.3 is 5.73 Å². The van der Waals surface area contributed by atoms with E-state index >= 15 is 0 Å². The Bertz CT molecular complexity index is 614. The maximum Gasteiger partial charge on any atom is 0.0850 e. The number of hydrogen-bond donors (Lipinski definition) is 1. The molecule has 0 aromatic carbocycles. The van der Waals surface area contributed by atoms with E-state index in [1.807, 2.05) is 22.6 Å². The van der Waals surface area contributed by atoms with Crippen LogP contribution in [-0.2, 0) is 32.9 Å². The summed E-state index contributed by atoms with van der Waals surface area (Å²) in [5.74, 6) is 0. The highest BCUT2D eigenvalue weighted by Gasteiger charge is 2.20. The van der Waals surface area contributed by atoms with Crippen molar-refractivity contribution in [2.24, 2.45) is 12.8 Å². The van der Waals surface area contributed by atoms with Crippen molar-refractivity contribution < 1.29 is 0 Å². The van der Waals surface area contributed by atoms with Gasteiger partial charge in [-0.1, -0.05) is 25.4 Å². The minimum absolute atomic E-state index is 0.113. The Balaban J connectivity index is 2.30. The Hall–Kier alpha value is -1.33. The SMILES string of the molecule is CCc1nn(C)cc1C(N)Cc1c(Cl)c(CC)nn1CC. The Morgan fingerprint density at radius 2 is 1.86 bits per heavy atom. The zero-order chi connectivity index (χ0) is 15.6. The van der Waals surface area contributed by atoms with Gasteiger partial charge in [-0.2, -0.15) is 10.2 Å². The van der Waals surface area contributed by atoms with Crippen LogP contribution in [0, 0.1) is 0 Å². The van der Waals surface area contributed by atoms with E-state index < -0.39 is 0 Å². The minimum Gasteiger partial charge on any atom is -0.324 e. The molecule has 116 valence electrons. The second kappa shape index (κ2) is 6.62. The van der Waals surface area contributed by atoms with E-state index in [1.54, 1.807) is 0 Å². The smallest absolute Gasteiger partial charge is 0.0850 e. The van der Waals surface area contributed by atoms with E-state index in [-0.39, 0.29) is 6.04 Å². The monoisotopic (exact) mass is 309 g/mol. The summed E-state index contributed by atoms with van der Waals surface area (Å²) in [5.41, 5.74) is 10.5. The van der Waals surface area contributed by atoms with Gasteiger partial charge >= 0.3 is 0 Å². The third-order valence-corrected chi connectivity index (χ3v) is 4.22. The molecule has 2 aromatic heterocycles. The molecule has 0 saturated heterocycles. The van der Waals surface area contributed by atoms with Crippen molar-refractivity contribution in [1.82, 2.24) is 19.6 Å². The molecule has 2 aromatic rings. The first-order valence-electron chi connectivity index (χ1n) is 7.53. The van der Waals surface area contributed by atoms with Gasteiger partial charge in [0.05, 0.1) is 22.1 Å². The molecule has 0 amide bonds. The molecule has 1 atom stereocenters. The molecule has 2 rings (SSSR count). The van der Waals surface area contributed by atoms with Gasteiger partial charge in [-0.25, -0.2) is 0 Å². The van der Waals surface area contributed by atoms with Gasteiger partial charge in [0.25, 0.3) is 0 Å². The van der Waals surface area contributed by atoms with Crippen molar-refractivity contribution >= 4 is 11.6 Å². The second-order valence-corrected chi connectivity index (χ2v) is 5.62. The first-order valence-corrected chi connectivity index (χ1v) is 7.91. The van der Waals surface area contributed by atoms with E-state index in [1.165, 1.54) is 0 Å². The lowest BCUT2D eigenvalue weighted by molar-refractivity contribution is 0.584. The topological polar surface area (TPSA) is 61.7 Å². The van der Waals surface area contributed by atoms with Crippen molar-refractivity contribution in [3.05, 3.63) is 33.9 Å². The van der Waals surface area contributed by atoms with Gasteiger partial charge in [0.1, 0.15) is 0 Å². The molecule has 21 heavy (non-hydrogen) atoms. The molecule has 0 saturated carbocycles. The van der Waals surface area contributed by atoms with Gasteiger partial charge in [0.15, 0.2) is 0 Å². The third-order valence-electron chi connectivity index (χ3n) is 3.78. The quantitative estimate of drug-likeness (QED) is 0.892. The Kier molecular flexibility index (Phi) is 5.06. The van der Waals surface area contributed by atoms with Gasteiger partial charge in [0.2, 0.25) is 0 Å². The summed E-state index contributed by atoms with van der Waals surface area (Å²) in [5, 5.41) is 9.77. The minimum atomic E-state index is -0.113. The Labute approximate surface area is 131 Å². The zero-order valence-corrected chi connectivity index (χ0v) is 14.0. The predicted octanol–water partition coefficient (Wildman–Crippen LogP) is 2.66. The maximum atomic E-state index is 6.46. The highest BCUT2D eigenvalue weighted by molar-refractivity contribution is 6.31. The number of nitrogens with two attached hydrogens (primary N) is 1. The molecule has 0 spiro atoms. The first kappa shape index (κ1) is 16.0. The van der Waals surface area contributed by atoms with Crippen LogP contribution in [-0.4, -0.2) is 19.6 Å². The van der Waals surface area contributed by atoms with Crippen LogP contribution in [0.15, 0.2) is 6.20 Å². The lowest BCUT2D eigenvalue weighted by Gasteiger charge is -2.13. The number of aryl methyl sites for hydroxylation is 4. The Morgan fingerprint density at radius 3 is 2.43 bits per heavy atom. The molecule has 0 aliphatic rings. The Morgan fingerprint density at radius 1 is 1.19 bits per heavy atom.